The molecule has 144 valence electrons. The number of carbonyl (C=O) groups excluding carboxylic acids is 2. The molecule has 28 heavy (non-hydrogen) atoms. The van der Waals surface area contributed by atoms with Gasteiger partial charge in [0.15, 0.2) is 6.10 Å². The minimum absolute atomic E-state index is 0.0803. The Morgan fingerprint density at radius 2 is 1.82 bits per heavy atom. The molecule has 0 fully saturated rings. The summed E-state index contributed by atoms with van der Waals surface area (Å²) in [6.45, 7) is 1.23. The Balaban J connectivity index is 1.53. The van der Waals surface area contributed by atoms with Gasteiger partial charge >= 0.3 is 5.97 Å². The molecular formula is C19H15ClFN3O4. The van der Waals surface area contributed by atoms with Gasteiger partial charge in [0.1, 0.15) is 12.4 Å². The highest BCUT2D eigenvalue weighted by molar-refractivity contribution is 6.30. The van der Waals surface area contributed by atoms with Crippen molar-refractivity contribution in [3.8, 4) is 11.5 Å². The van der Waals surface area contributed by atoms with Crippen molar-refractivity contribution in [1.82, 2.24) is 15.5 Å². The molecule has 0 saturated carbocycles. The molecule has 1 atom stereocenters. The highest BCUT2D eigenvalue weighted by Crippen LogP contribution is 2.22. The van der Waals surface area contributed by atoms with Gasteiger partial charge in [-0.25, -0.2) is 4.39 Å². The standard InChI is InChI=1S/C19H15ClFN3O4/c1-11(18-23-24-19(28-18)13-4-8-15(21)9-5-13)27-16(25)10-22-17(26)12-2-6-14(20)7-3-12/h2-9,11H,10H2,1H3,(H,22,26)/t11-/m0/s1. The second-order valence-corrected chi connectivity index (χ2v) is 6.21. The first-order valence-electron chi connectivity index (χ1n) is 8.25. The van der Waals surface area contributed by atoms with E-state index in [1.54, 1.807) is 31.2 Å². The van der Waals surface area contributed by atoms with Crippen molar-refractivity contribution in [3.05, 3.63) is 70.8 Å². The lowest BCUT2D eigenvalue weighted by molar-refractivity contribution is -0.148. The summed E-state index contributed by atoms with van der Waals surface area (Å²) in [5, 5.41) is 10.6. The minimum Gasteiger partial charge on any atom is -0.451 e. The summed E-state index contributed by atoms with van der Waals surface area (Å²) in [6.07, 6.45) is -0.818. The quantitative estimate of drug-likeness (QED) is 0.632. The molecule has 2 aromatic carbocycles. The first kappa shape index (κ1) is 19.5. The fraction of sp³-hybridized carbons (Fsp3) is 0.158. The Hall–Kier alpha value is -3.26. The molecule has 0 spiro atoms. The Kier molecular flexibility index (Phi) is 6.00. The van der Waals surface area contributed by atoms with Crippen molar-refractivity contribution in [2.45, 2.75) is 13.0 Å². The van der Waals surface area contributed by atoms with Crippen LogP contribution in [-0.4, -0.2) is 28.6 Å². The van der Waals surface area contributed by atoms with E-state index in [0.717, 1.165) is 0 Å². The average molecular weight is 404 g/mol. The molecule has 0 aliphatic rings. The van der Waals surface area contributed by atoms with E-state index in [4.69, 9.17) is 20.8 Å². The summed E-state index contributed by atoms with van der Waals surface area (Å²) in [4.78, 5) is 23.9. The molecule has 1 heterocycles. The minimum atomic E-state index is -0.818. The SMILES string of the molecule is C[C@H](OC(=O)CNC(=O)c1ccc(Cl)cc1)c1nnc(-c2ccc(F)cc2)o1. The summed E-state index contributed by atoms with van der Waals surface area (Å²) in [6, 6.07) is 11.8. The van der Waals surface area contributed by atoms with Crippen molar-refractivity contribution in [3.63, 3.8) is 0 Å². The summed E-state index contributed by atoms with van der Waals surface area (Å²) < 4.78 is 23.6. The molecule has 1 amide bonds. The number of carbonyl (C=O) groups is 2. The van der Waals surface area contributed by atoms with Gasteiger partial charge in [-0.3, -0.25) is 9.59 Å². The Labute approximate surface area is 164 Å². The van der Waals surface area contributed by atoms with Gasteiger partial charge < -0.3 is 14.5 Å². The van der Waals surface area contributed by atoms with Crippen LogP contribution >= 0.6 is 11.6 Å². The van der Waals surface area contributed by atoms with Gasteiger partial charge in [0.2, 0.25) is 5.89 Å². The van der Waals surface area contributed by atoms with Crippen LogP contribution in [0.25, 0.3) is 11.5 Å². The molecule has 9 heteroatoms. The lowest BCUT2D eigenvalue weighted by Gasteiger charge is -2.10. The predicted molar refractivity (Wildman–Crippen MR) is 98.0 cm³/mol. The largest absolute Gasteiger partial charge is 0.451 e. The van der Waals surface area contributed by atoms with E-state index >= 15 is 0 Å². The normalized spacial score (nSPS) is 11.7. The van der Waals surface area contributed by atoms with Crippen molar-refractivity contribution >= 4 is 23.5 Å². The van der Waals surface area contributed by atoms with Crippen LogP contribution in [0.1, 0.15) is 29.3 Å². The van der Waals surface area contributed by atoms with E-state index in [0.29, 0.717) is 16.1 Å². The molecule has 0 aliphatic carbocycles. The van der Waals surface area contributed by atoms with Crippen molar-refractivity contribution in [2.75, 3.05) is 6.54 Å². The highest BCUT2D eigenvalue weighted by atomic mass is 35.5. The molecule has 0 aliphatic heterocycles. The smallest absolute Gasteiger partial charge is 0.326 e. The fourth-order valence-electron chi connectivity index (χ4n) is 2.25. The zero-order valence-corrected chi connectivity index (χ0v) is 15.4. The van der Waals surface area contributed by atoms with E-state index in [-0.39, 0.29) is 24.1 Å². The maximum absolute atomic E-state index is 13.0. The molecule has 1 aromatic heterocycles. The molecule has 0 radical (unpaired) electrons. The van der Waals surface area contributed by atoms with Crippen LogP contribution in [0.5, 0.6) is 0 Å². The van der Waals surface area contributed by atoms with Crippen LogP contribution in [-0.2, 0) is 9.53 Å². The third kappa shape index (κ3) is 4.92. The molecule has 7 nitrogen and oxygen atoms in total. The summed E-state index contributed by atoms with van der Waals surface area (Å²) in [7, 11) is 0. The second kappa shape index (κ2) is 8.62. The number of nitrogens with zero attached hydrogens (tertiary/aromatic N) is 2. The Morgan fingerprint density at radius 1 is 1.14 bits per heavy atom. The van der Waals surface area contributed by atoms with Gasteiger partial charge in [0, 0.05) is 16.1 Å². The zero-order chi connectivity index (χ0) is 20.1. The van der Waals surface area contributed by atoms with Gasteiger partial charge in [0.25, 0.3) is 11.8 Å². The van der Waals surface area contributed by atoms with E-state index < -0.39 is 18.0 Å². The van der Waals surface area contributed by atoms with Gasteiger partial charge in [-0.2, -0.15) is 0 Å². The van der Waals surface area contributed by atoms with Crippen LogP contribution in [0.15, 0.2) is 52.9 Å². The monoisotopic (exact) mass is 403 g/mol. The summed E-state index contributed by atoms with van der Waals surface area (Å²) in [5.41, 5.74) is 0.903. The number of benzene rings is 2. The van der Waals surface area contributed by atoms with E-state index in [1.165, 1.54) is 24.3 Å². The highest BCUT2D eigenvalue weighted by Gasteiger charge is 2.19. The molecule has 0 bridgehead atoms. The number of aromatic nitrogens is 2. The lowest BCUT2D eigenvalue weighted by atomic mass is 10.2. The molecule has 0 unspecified atom stereocenters. The van der Waals surface area contributed by atoms with Gasteiger partial charge in [0.05, 0.1) is 0 Å². The van der Waals surface area contributed by atoms with Gasteiger partial charge in [-0.05, 0) is 55.5 Å². The van der Waals surface area contributed by atoms with Crippen LogP contribution in [0.3, 0.4) is 0 Å². The number of hydrogen-bond donors (Lipinski definition) is 1. The number of amides is 1. The maximum atomic E-state index is 13.0. The first-order valence-corrected chi connectivity index (χ1v) is 8.63. The third-order valence-corrected chi connectivity index (χ3v) is 3.94. The van der Waals surface area contributed by atoms with E-state index in [1.807, 2.05) is 0 Å². The van der Waals surface area contributed by atoms with Gasteiger partial charge in [-0.1, -0.05) is 11.6 Å². The maximum Gasteiger partial charge on any atom is 0.326 e. The number of esters is 1. The molecule has 3 aromatic rings. The number of hydrogen-bond acceptors (Lipinski definition) is 6. The summed E-state index contributed by atoms with van der Waals surface area (Å²) >= 11 is 5.76. The van der Waals surface area contributed by atoms with Gasteiger partial charge in [-0.15, -0.1) is 10.2 Å². The number of ether oxygens (including phenoxy) is 1. The summed E-state index contributed by atoms with van der Waals surface area (Å²) in [5.74, 6) is -1.23. The Bertz CT molecular complexity index is 974. The topological polar surface area (TPSA) is 94.3 Å². The number of halogens is 2. The third-order valence-electron chi connectivity index (χ3n) is 3.69. The fourth-order valence-corrected chi connectivity index (χ4v) is 2.38. The van der Waals surface area contributed by atoms with Crippen LogP contribution in [0.2, 0.25) is 5.02 Å². The van der Waals surface area contributed by atoms with Crippen molar-refractivity contribution in [2.24, 2.45) is 0 Å². The van der Waals surface area contributed by atoms with Crippen molar-refractivity contribution < 1.29 is 23.1 Å². The molecule has 3 rings (SSSR count). The molecular weight excluding hydrogens is 389 g/mol. The second-order valence-electron chi connectivity index (χ2n) is 5.77. The van der Waals surface area contributed by atoms with Crippen LogP contribution < -0.4 is 5.32 Å². The lowest BCUT2D eigenvalue weighted by Crippen LogP contribution is -2.31. The molecule has 0 saturated heterocycles. The number of rotatable bonds is 6. The van der Waals surface area contributed by atoms with Crippen molar-refractivity contribution in [1.29, 1.82) is 0 Å². The Morgan fingerprint density at radius 3 is 2.50 bits per heavy atom. The first-order chi connectivity index (χ1) is 13.4. The zero-order valence-electron chi connectivity index (χ0n) is 14.7. The van der Waals surface area contributed by atoms with E-state index in [9.17, 15) is 14.0 Å². The molecule has 1 N–H and O–H groups in total. The predicted octanol–water partition coefficient (Wildman–Crippen LogP) is 3.56. The van der Waals surface area contributed by atoms with Crippen LogP contribution in [0.4, 0.5) is 4.39 Å². The van der Waals surface area contributed by atoms with Crippen LogP contribution in [0, 0.1) is 5.82 Å². The van der Waals surface area contributed by atoms with E-state index in [2.05, 4.69) is 15.5 Å². The average Bonchev–Trinajstić information content (AvgIpc) is 3.17. The number of nitrogens with one attached hydrogen (secondary N) is 1.